The van der Waals surface area contributed by atoms with Crippen LogP contribution < -0.4 is 10.5 Å². The van der Waals surface area contributed by atoms with Crippen LogP contribution in [0.4, 0.5) is 0 Å². The summed E-state index contributed by atoms with van der Waals surface area (Å²) in [7, 11) is 0. The van der Waals surface area contributed by atoms with Gasteiger partial charge in [-0.25, -0.2) is 0 Å². The Labute approximate surface area is 119 Å². The van der Waals surface area contributed by atoms with Crippen LogP contribution in [-0.4, -0.2) is 11.0 Å². The third kappa shape index (κ3) is 3.72. The molecule has 0 fully saturated rings. The fraction of sp³-hybridized carbons (Fsp3) is 0.0714. The van der Waals surface area contributed by atoms with Gasteiger partial charge in [-0.2, -0.15) is 0 Å². The Balaban J connectivity index is 2.08. The maximum absolute atomic E-state index is 8.63. The Morgan fingerprint density at radius 3 is 2.74 bits per heavy atom. The van der Waals surface area contributed by atoms with Gasteiger partial charge in [-0.1, -0.05) is 45.4 Å². The van der Waals surface area contributed by atoms with E-state index < -0.39 is 0 Å². The van der Waals surface area contributed by atoms with Crippen LogP contribution in [0.25, 0.3) is 0 Å². The number of benzene rings is 2. The molecule has 0 saturated carbocycles. The van der Waals surface area contributed by atoms with Crippen molar-refractivity contribution in [2.24, 2.45) is 10.9 Å². The van der Waals surface area contributed by atoms with Crippen molar-refractivity contribution >= 4 is 21.8 Å². The van der Waals surface area contributed by atoms with Gasteiger partial charge < -0.3 is 15.7 Å². The highest BCUT2D eigenvalue weighted by atomic mass is 79.9. The van der Waals surface area contributed by atoms with Gasteiger partial charge in [0.15, 0.2) is 5.84 Å². The first kappa shape index (κ1) is 13.4. The van der Waals surface area contributed by atoms with Crippen molar-refractivity contribution in [3.05, 3.63) is 64.1 Å². The third-order valence-electron chi connectivity index (χ3n) is 2.53. The highest BCUT2D eigenvalue weighted by molar-refractivity contribution is 9.10. The first-order valence-electron chi connectivity index (χ1n) is 5.64. The molecule has 0 atom stereocenters. The number of nitrogens with zero attached hydrogens (tertiary/aromatic N) is 1. The van der Waals surface area contributed by atoms with E-state index in [2.05, 4.69) is 21.1 Å². The number of hydrogen-bond donors (Lipinski definition) is 2. The first-order valence-corrected chi connectivity index (χ1v) is 6.43. The Kier molecular flexibility index (Phi) is 4.41. The van der Waals surface area contributed by atoms with Crippen LogP contribution in [0, 0.1) is 0 Å². The number of oxime groups is 1. The van der Waals surface area contributed by atoms with E-state index in [0.29, 0.717) is 17.9 Å². The summed E-state index contributed by atoms with van der Waals surface area (Å²) in [5.74, 6) is 0.733. The van der Waals surface area contributed by atoms with Gasteiger partial charge in [-0.15, -0.1) is 0 Å². The van der Waals surface area contributed by atoms with E-state index >= 15 is 0 Å². The molecular weight excluding hydrogens is 308 g/mol. The van der Waals surface area contributed by atoms with E-state index in [0.717, 1.165) is 10.0 Å². The second-order valence-corrected chi connectivity index (χ2v) is 4.85. The molecule has 2 rings (SSSR count). The van der Waals surface area contributed by atoms with Gasteiger partial charge in [-0.3, -0.25) is 0 Å². The van der Waals surface area contributed by atoms with E-state index in [1.165, 1.54) is 0 Å². The Morgan fingerprint density at radius 1 is 1.21 bits per heavy atom. The van der Waals surface area contributed by atoms with Crippen molar-refractivity contribution in [2.45, 2.75) is 6.61 Å². The molecular formula is C14H13BrN2O2. The molecule has 4 nitrogen and oxygen atoms in total. The molecule has 0 amide bonds. The Morgan fingerprint density at radius 2 is 2.00 bits per heavy atom. The van der Waals surface area contributed by atoms with Crippen molar-refractivity contribution in [1.82, 2.24) is 0 Å². The van der Waals surface area contributed by atoms with Gasteiger partial charge in [0.2, 0.25) is 0 Å². The van der Waals surface area contributed by atoms with Gasteiger partial charge in [0, 0.05) is 10.0 Å². The van der Waals surface area contributed by atoms with Crippen molar-refractivity contribution in [1.29, 1.82) is 0 Å². The van der Waals surface area contributed by atoms with E-state index in [-0.39, 0.29) is 5.84 Å². The highest BCUT2D eigenvalue weighted by Gasteiger charge is 2.02. The molecule has 0 spiro atoms. The number of hydrogen-bond acceptors (Lipinski definition) is 3. The monoisotopic (exact) mass is 320 g/mol. The molecule has 19 heavy (non-hydrogen) atoms. The molecule has 0 bridgehead atoms. The minimum Gasteiger partial charge on any atom is -0.489 e. The van der Waals surface area contributed by atoms with Gasteiger partial charge >= 0.3 is 0 Å². The summed E-state index contributed by atoms with van der Waals surface area (Å²) in [6.07, 6.45) is 0. The van der Waals surface area contributed by atoms with Gasteiger partial charge in [0.1, 0.15) is 12.4 Å². The zero-order chi connectivity index (χ0) is 13.7. The van der Waals surface area contributed by atoms with Crippen LogP contribution in [0.5, 0.6) is 5.75 Å². The fourth-order valence-corrected chi connectivity index (χ4v) is 2.04. The van der Waals surface area contributed by atoms with Crippen LogP contribution >= 0.6 is 15.9 Å². The smallest absolute Gasteiger partial charge is 0.170 e. The molecule has 0 aliphatic carbocycles. The van der Waals surface area contributed by atoms with Crippen molar-refractivity contribution in [3.63, 3.8) is 0 Å². The minimum atomic E-state index is 0.0629. The fourth-order valence-electron chi connectivity index (χ4n) is 1.60. The zero-order valence-electron chi connectivity index (χ0n) is 10.1. The number of amidine groups is 1. The predicted molar refractivity (Wildman–Crippen MR) is 77.4 cm³/mol. The molecule has 0 saturated heterocycles. The maximum atomic E-state index is 8.63. The second kappa shape index (κ2) is 6.24. The van der Waals surface area contributed by atoms with E-state index in [1.807, 2.05) is 30.3 Å². The largest absolute Gasteiger partial charge is 0.489 e. The van der Waals surface area contributed by atoms with E-state index in [4.69, 9.17) is 15.7 Å². The van der Waals surface area contributed by atoms with E-state index in [1.54, 1.807) is 18.2 Å². The van der Waals surface area contributed by atoms with Crippen LogP contribution in [0.1, 0.15) is 11.1 Å². The summed E-state index contributed by atoms with van der Waals surface area (Å²) in [5, 5.41) is 11.6. The zero-order valence-corrected chi connectivity index (χ0v) is 11.7. The summed E-state index contributed by atoms with van der Waals surface area (Å²) in [6.45, 7) is 0.457. The Bertz CT molecular complexity index is 600. The lowest BCUT2D eigenvalue weighted by atomic mass is 10.2. The second-order valence-electron chi connectivity index (χ2n) is 3.93. The quantitative estimate of drug-likeness (QED) is 0.393. The van der Waals surface area contributed by atoms with Gasteiger partial charge in [0.05, 0.1) is 0 Å². The molecule has 0 unspecified atom stereocenters. The average molecular weight is 321 g/mol. The molecule has 2 aromatic carbocycles. The topological polar surface area (TPSA) is 67.8 Å². The predicted octanol–water partition coefficient (Wildman–Crippen LogP) is 3.12. The van der Waals surface area contributed by atoms with Crippen LogP contribution in [0.3, 0.4) is 0 Å². The average Bonchev–Trinajstić information content (AvgIpc) is 2.45. The van der Waals surface area contributed by atoms with E-state index in [9.17, 15) is 0 Å². The SMILES string of the molecule is N/C(=N\O)c1cccc(OCc2cccc(Br)c2)c1. The van der Waals surface area contributed by atoms with Crippen molar-refractivity contribution < 1.29 is 9.94 Å². The summed E-state index contributed by atoms with van der Waals surface area (Å²) in [6, 6.07) is 15.0. The maximum Gasteiger partial charge on any atom is 0.170 e. The molecule has 5 heteroatoms. The molecule has 98 valence electrons. The normalized spacial score (nSPS) is 11.3. The number of nitrogens with two attached hydrogens (primary N) is 1. The Hall–Kier alpha value is -2.01. The van der Waals surface area contributed by atoms with Gasteiger partial charge in [-0.05, 0) is 29.8 Å². The highest BCUT2D eigenvalue weighted by Crippen LogP contribution is 2.17. The molecule has 0 aliphatic heterocycles. The molecule has 3 N–H and O–H groups in total. The molecule has 0 radical (unpaired) electrons. The molecule has 0 heterocycles. The third-order valence-corrected chi connectivity index (χ3v) is 3.03. The van der Waals surface area contributed by atoms with Crippen LogP contribution in [-0.2, 0) is 6.61 Å². The summed E-state index contributed by atoms with van der Waals surface area (Å²) < 4.78 is 6.68. The molecule has 0 aromatic heterocycles. The van der Waals surface area contributed by atoms with Gasteiger partial charge in [0.25, 0.3) is 0 Å². The summed E-state index contributed by atoms with van der Waals surface area (Å²) >= 11 is 3.41. The minimum absolute atomic E-state index is 0.0629. The lowest BCUT2D eigenvalue weighted by Gasteiger charge is -2.08. The molecule has 2 aromatic rings. The summed E-state index contributed by atoms with van der Waals surface area (Å²) in [5.41, 5.74) is 7.21. The first-order chi connectivity index (χ1) is 9.19. The lowest BCUT2D eigenvalue weighted by molar-refractivity contribution is 0.306. The standard InChI is InChI=1S/C14H13BrN2O2/c15-12-5-1-3-10(7-12)9-19-13-6-2-4-11(8-13)14(16)17-18/h1-8,18H,9H2,(H2,16,17). The number of ether oxygens (including phenoxy) is 1. The summed E-state index contributed by atoms with van der Waals surface area (Å²) in [4.78, 5) is 0. The van der Waals surface area contributed by atoms with Crippen LogP contribution in [0.2, 0.25) is 0 Å². The lowest BCUT2D eigenvalue weighted by Crippen LogP contribution is -2.12. The number of rotatable bonds is 4. The molecule has 0 aliphatic rings. The number of halogens is 1. The van der Waals surface area contributed by atoms with Crippen molar-refractivity contribution in [2.75, 3.05) is 0 Å². The van der Waals surface area contributed by atoms with Crippen LogP contribution in [0.15, 0.2) is 58.2 Å². The van der Waals surface area contributed by atoms with Crippen molar-refractivity contribution in [3.8, 4) is 5.75 Å².